The van der Waals surface area contributed by atoms with Gasteiger partial charge in [0.05, 0.1) is 12.2 Å². The van der Waals surface area contributed by atoms with Crippen molar-refractivity contribution in [1.82, 2.24) is 10.2 Å². The number of rotatable bonds is 10. The van der Waals surface area contributed by atoms with Crippen molar-refractivity contribution < 1.29 is 19.1 Å². The van der Waals surface area contributed by atoms with Gasteiger partial charge in [-0.3, -0.25) is 14.9 Å². The van der Waals surface area contributed by atoms with Crippen molar-refractivity contribution in [2.75, 3.05) is 32.2 Å². The Hall–Kier alpha value is -3.75. The van der Waals surface area contributed by atoms with Gasteiger partial charge in [0, 0.05) is 31.5 Å². The van der Waals surface area contributed by atoms with E-state index in [9.17, 15) is 9.59 Å². The average molecular weight is 492 g/mol. The topological polar surface area (TPSA) is 79.9 Å². The average Bonchev–Trinajstić information content (AvgIpc) is 2.87. The van der Waals surface area contributed by atoms with Crippen LogP contribution in [0.3, 0.4) is 0 Å². The summed E-state index contributed by atoms with van der Waals surface area (Å²) in [5.74, 6) is -0.0727. The number of nitrogens with zero attached hydrogens (tertiary/aromatic N) is 1. The molecule has 8 heteroatoms. The Morgan fingerprint density at radius 3 is 2.46 bits per heavy atom. The van der Waals surface area contributed by atoms with Crippen LogP contribution < -0.4 is 15.4 Å². The lowest BCUT2D eigenvalue weighted by atomic mass is 10.1. The van der Waals surface area contributed by atoms with Gasteiger partial charge < -0.3 is 19.7 Å². The molecule has 0 radical (unpaired) electrons. The Morgan fingerprint density at radius 1 is 0.943 bits per heavy atom. The molecule has 2 amide bonds. The lowest BCUT2D eigenvalue weighted by molar-refractivity contribution is 0.0785. The molecule has 0 aliphatic carbocycles. The number of carbonyl (C=O) groups is 2. The lowest BCUT2D eigenvalue weighted by Crippen LogP contribution is -2.34. The smallest absolute Gasteiger partial charge is 0.261 e. The normalized spacial score (nSPS) is 10.3. The number of nitrogens with one attached hydrogen (secondary N) is 2. The fourth-order valence-corrected chi connectivity index (χ4v) is 3.56. The number of para-hydroxylation sites is 1. The van der Waals surface area contributed by atoms with Gasteiger partial charge in [-0.05, 0) is 55.0 Å². The summed E-state index contributed by atoms with van der Waals surface area (Å²) in [5.41, 5.74) is 2.51. The van der Waals surface area contributed by atoms with E-state index in [0.717, 1.165) is 5.56 Å². The van der Waals surface area contributed by atoms with E-state index in [1.807, 2.05) is 37.3 Å². The van der Waals surface area contributed by atoms with Crippen LogP contribution in [0.15, 0.2) is 78.9 Å². The molecule has 182 valence electrons. The molecule has 0 heterocycles. The van der Waals surface area contributed by atoms with Crippen molar-refractivity contribution >= 4 is 34.8 Å². The highest BCUT2D eigenvalue weighted by molar-refractivity contribution is 7.80. The van der Waals surface area contributed by atoms with Crippen molar-refractivity contribution in [3.05, 3.63) is 95.6 Å². The summed E-state index contributed by atoms with van der Waals surface area (Å²) < 4.78 is 10.9. The van der Waals surface area contributed by atoms with E-state index >= 15 is 0 Å². The second-order valence-corrected chi connectivity index (χ2v) is 8.09. The molecule has 0 saturated heterocycles. The Balaban J connectivity index is 1.59. The standard InChI is InChI=1S/C27H29N3O4S/c1-3-33-16-17-34-24-15-8-7-14-23(24)25(31)29-27(35)28-22-13-9-12-21(18-22)26(32)30(2)19-20-10-5-4-6-11-20/h4-15,18H,3,16-17,19H2,1-2H3,(H2,28,29,31,35). The van der Waals surface area contributed by atoms with Crippen LogP contribution in [0, 0.1) is 0 Å². The van der Waals surface area contributed by atoms with Crippen molar-refractivity contribution in [2.45, 2.75) is 13.5 Å². The fourth-order valence-electron chi connectivity index (χ4n) is 3.35. The van der Waals surface area contributed by atoms with Gasteiger partial charge in [0.1, 0.15) is 12.4 Å². The van der Waals surface area contributed by atoms with Gasteiger partial charge in [0.25, 0.3) is 11.8 Å². The molecule has 0 bridgehead atoms. The minimum atomic E-state index is -0.399. The predicted octanol–water partition coefficient (Wildman–Crippen LogP) is 4.50. The van der Waals surface area contributed by atoms with E-state index in [0.29, 0.717) is 48.9 Å². The van der Waals surface area contributed by atoms with Crippen LogP contribution in [0.25, 0.3) is 0 Å². The van der Waals surface area contributed by atoms with Gasteiger partial charge in [-0.25, -0.2) is 0 Å². The SMILES string of the molecule is CCOCCOc1ccccc1C(=O)NC(=S)Nc1cccc(C(=O)N(C)Cc2ccccc2)c1. The Bertz CT molecular complexity index is 1150. The summed E-state index contributed by atoms with van der Waals surface area (Å²) in [4.78, 5) is 27.3. The van der Waals surface area contributed by atoms with E-state index < -0.39 is 5.91 Å². The predicted molar refractivity (Wildman–Crippen MR) is 141 cm³/mol. The van der Waals surface area contributed by atoms with Crippen LogP contribution in [0.1, 0.15) is 33.2 Å². The molecule has 0 atom stereocenters. The third kappa shape index (κ3) is 7.91. The van der Waals surface area contributed by atoms with E-state index in [1.165, 1.54) is 0 Å². The third-order valence-corrected chi connectivity index (χ3v) is 5.23. The van der Waals surface area contributed by atoms with Gasteiger partial charge in [-0.2, -0.15) is 0 Å². The maximum atomic E-state index is 12.9. The first-order valence-corrected chi connectivity index (χ1v) is 11.7. The van der Waals surface area contributed by atoms with E-state index in [2.05, 4.69) is 10.6 Å². The summed E-state index contributed by atoms with van der Waals surface area (Å²) in [6.45, 7) is 3.77. The highest BCUT2D eigenvalue weighted by atomic mass is 32.1. The van der Waals surface area contributed by atoms with Crippen LogP contribution in [0.4, 0.5) is 5.69 Å². The Morgan fingerprint density at radius 2 is 1.69 bits per heavy atom. The second kappa shape index (κ2) is 13.2. The fraction of sp³-hybridized carbons (Fsp3) is 0.222. The van der Waals surface area contributed by atoms with Crippen LogP contribution in [0.5, 0.6) is 5.75 Å². The van der Waals surface area contributed by atoms with Crippen molar-refractivity contribution in [1.29, 1.82) is 0 Å². The van der Waals surface area contributed by atoms with E-state index in [-0.39, 0.29) is 11.0 Å². The monoisotopic (exact) mass is 491 g/mol. The zero-order valence-electron chi connectivity index (χ0n) is 19.8. The van der Waals surface area contributed by atoms with Gasteiger partial charge in [0.15, 0.2) is 5.11 Å². The minimum Gasteiger partial charge on any atom is -0.490 e. The molecular weight excluding hydrogens is 462 g/mol. The molecule has 0 aliphatic heterocycles. The number of hydrogen-bond donors (Lipinski definition) is 2. The number of amides is 2. The van der Waals surface area contributed by atoms with E-state index in [4.69, 9.17) is 21.7 Å². The number of ether oxygens (including phenoxy) is 2. The molecule has 7 nitrogen and oxygen atoms in total. The van der Waals surface area contributed by atoms with Crippen molar-refractivity contribution in [3.8, 4) is 5.75 Å². The zero-order chi connectivity index (χ0) is 25.0. The largest absolute Gasteiger partial charge is 0.490 e. The van der Waals surface area contributed by atoms with Crippen LogP contribution in [-0.4, -0.2) is 48.7 Å². The highest BCUT2D eigenvalue weighted by Crippen LogP contribution is 2.18. The van der Waals surface area contributed by atoms with Gasteiger partial charge in [-0.15, -0.1) is 0 Å². The maximum absolute atomic E-state index is 12.9. The molecule has 0 spiro atoms. The Kier molecular flexibility index (Phi) is 9.77. The third-order valence-electron chi connectivity index (χ3n) is 5.02. The molecule has 2 N–H and O–H groups in total. The summed E-state index contributed by atoms with van der Waals surface area (Å²) in [6, 6.07) is 23.7. The summed E-state index contributed by atoms with van der Waals surface area (Å²) in [7, 11) is 1.76. The van der Waals surface area contributed by atoms with Gasteiger partial charge in [0.2, 0.25) is 0 Å². The van der Waals surface area contributed by atoms with Crippen LogP contribution in [-0.2, 0) is 11.3 Å². The molecule has 0 aromatic heterocycles. The highest BCUT2D eigenvalue weighted by Gasteiger charge is 2.15. The number of benzene rings is 3. The Labute approximate surface area is 211 Å². The first-order chi connectivity index (χ1) is 17.0. The second-order valence-electron chi connectivity index (χ2n) is 7.68. The molecule has 0 unspecified atom stereocenters. The molecule has 0 aliphatic rings. The number of thiocarbonyl (C=S) groups is 1. The molecule has 0 fully saturated rings. The molecular formula is C27H29N3O4S. The quantitative estimate of drug-likeness (QED) is 0.321. The van der Waals surface area contributed by atoms with Gasteiger partial charge >= 0.3 is 0 Å². The first kappa shape index (κ1) is 25.9. The van der Waals surface area contributed by atoms with Crippen molar-refractivity contribution in [2.24, 2.45) is 0 Å². The summed E-state index contributed by atoms with van der Waals surface area (Å²) >= 11 is 5.33. The number of anilines is 1. The lowest BCUT2D eigenvalue weighted by Gasteiger charge is -2.18. The van der Waals surface area contributed by atoms with Crippen LogP contribution in [0.2, 0.25) is 0 Å². The van der Waals surface area contributed by atoms with Crippen molar-refractivity contribution in [3.63, 3.8) is 0 Å². The zero-order valence-corrected chi connectivity index (χ0v) is 20.6. The summed E-state index contributed by atoms with van der Waals surface area (Å²) in [5, 5.41) is 5.75. The number of carbonyl (C=O) groups excluding carboxylic acids is 2. The summed E-state index contributed by atoms with van der Waals surface area (Å²) in [6.07, 6.45) is 0. The van der Waals surface area contributed by atoms with Gasteiger partial charge in [-0.1, -0.05) is 48.5 Å². The van der Waals surface area contributed by atoms with E-state index in [1.54, 1.807) is 60.5 Å². The number of hydrogen-bond acceptors (Lipinski definition) is 5. The van der Waals surface area contributed by atoms with Crippen LogP contribution >= 0.6 is 12.2 Å². The molecule has 3 aromatic rings. The maximum Gasteiger partial charge on any atom is 0.261 e. The molecule has 35 heavy (non-hydrogen) atoms. The minimum absolute atomic E-state index is 0.112. The molecule has 3 aromatic carbocycles. The first-order valence-electron chi connectivity index (χ1n) is 11.3. The molecule has 0 saturated carbocycles. The molecule has 3 rings (SSSR count).